The van der Waals surface area contributed by atoms with Gasteiger partial charge in [-0.15, -0.1) is 0 Å². The summed E-state index contributed by atoms with van der Waals surface area (Å²) in [5.74, 6) is -0.380. The van der Waals surface area contributed by atoms with Gasteiger partial charge in [0.15, 0.2) is 5.11 Å². The minimum atomic E-state index is -0.380. The number of nitrogens with one attached hydrogen (secondary N) is 2. The summed E-state index contributed by atoms with van der Waals surface area (Å²) in [5, 5.41) is 6.92. The molecule has 0 aliphatic heterocycles. The van der Waals surface area contributed by atoms with Crippen molar-refractivity contribution in [2.45, 2.75) is 6.92 Å². The van der Waals surface area contributed by atoms with Crippen molar-refractivity contribution in [2.75, 3.05) is 5.32 Å². The highest BCUT2D eigenvalue weighted by atomic mass is 35.5. The van der Waals surface area contributed by atoms with Crippen molar-refractivity contribution in [1.29, 1.82) is 0 Å². The van der Waals surface area contributed by atoms with E-state index in [1.165, 1.54) is 6.07 Å². The summed E-state index contributed by atoms with van der Waals surface area (Å²) in [6, 6.07) is 10.00. The molecule has 0 saturated heterocycles. The lowest BCUT2D eigenvalue weighted by molar-refractivity contribution is 0.0978. The largest absolute Gasteiger partial charge is 0.332 e. The fourth-order valence-corrected chi connectivity index (χ4v) is 2.33. The maximum Gasteiger partial charge on any atom is 0.257 e. The van der Waals surface area contributed by atoms with E-state index >= 15 is 0 Å². The molecule has 3 nitrogen and oxygen atoms in total. The number of hydrogen-bond acceptors (Lipinski definition) is 2. The number of halogens is 3. The molecule has 0 heterocycles. The molecule has 2 rings (SSSR count). The predicted molar refractivity (Wildman–Crippen MR) is 96.3 cm³/mol. The van der Waals surface area contributed by atoms with Gasteiger partial charge in [-0.2, -0.15) is 0 Å². The Morgan fingerprint density at radius 1 is 1.00 bits per heavy atom. The zero-order valence-electron chi connectivity index (χ0n) is 11.4. The number of benzene rings is 2. The van der Waals surface area contributed by atoms with Crippen molar-refractivity contribution >= 4 is 63.7 Å². The van der Waals surface area contributed by atoms with Gasteiger partial charge in [0.2, 0.25) is 0 Å². The van der Waals surface area contributed by atoms with Crippen LogP contribution in [0.25, 0.3) is 0 Å². The summed E-state index contributed by atoms with van der Waals surface area (Å²) in [6.07, 6.45) is 0. The van der Waals surface area contributed by atoms with Gasteiger partial charge < -0.3 is 5.32 Å². The van der Waals surface area contributed by atoms with Crippen molar-refractivity contribution in [2.24, 2.45) is 0 Å². The third-order valence-corrected chi connectivity index (χ3v) is 4.19. The fourth-order valence-electron chi connectivity index (χ4n) is 1.65. The first-order valence-electron chi connectivity index (χ1n) is 6.20. The highest BCUT2D eigenvalue weighted by molar-refractivity contribution is 7.80. The number of carbonyl (C=O) groups is 1. The monoisotopic (exact) mass is 372 g/mol. The van der Waals surface area contributed by atoms with Gasteiger partial charge >= 0.3 is 0 Å². The van der Waals surface area contributed by atoms with Crippen LogP contribution in [-0.4, -0.2) is 11.0 Å². The lowest BCUT2D eigenvalue weighted by Gasteiger charge is -2.11. The van der Waals surface area contributed by atoms with Crippen LogP contribution in [0.4, 0.5) is 5.69 Å². The standard InChI is InChI=1S/C15H11Cl3N2OS/c1-8-2-4-10(7-12(8)17)19-15(22)20-14(21)9-3-5-11(16)13(18)6-9/h2-7H,1H3,(H2,19,20,21,22). The quantitative estimate of drug-likeness (QED) is 0.721. The maximum atomic E-state index is 12.1. The second-order valence-corrected chi connectivity index (χ2v) is 6.13. The molecule has 7 heteroatoms. The molecule has 22 heavy (non-hydrogen) atoms. The number of amides is 1. The highest BCUT2D eigenvalue weighted by Gasteiger charge is 2.10. The minimum absolute atomic E-state index is 0.163. The molecule has 0 aromatic heterocycles. The smallest absolute Gasteiger partial charge is 0.257 e. The summed E-state index contributed by atoms with van der Waals surface area (Å²) in [7, 11) is 0. The molecule has 0 spiro atoms. The van der Waals surface area contributed by atoms with Crippen molar-refractivity contribution in [3.05, 3.63) is 62.6 Å². The van der Waals surface area contributed by atoms with Crippen molar-refractivity contribution < 1.29 is 4.79 Å². The molecule has 2 aromatic carbocycles. The molecular formula is C15H11Cl3N2OS. The number of thiocarbonyl (C=S) groups is 1. The molecule has 2 aromatic rings. The van der Waals surface area contributed by atoms with E-state index < -0.39 is 0 Å². The molecule has 0 aliphatic carbocycles. The van der Waals surface area contributed by atoms with Gasteiger partial charge in [-0.05, 0) is 55.0 Å². The highest BCUT2D eigenvalue weighted by Crippen LogP contribution is 2.22. The van der Waals surface area contributed by atoms with Crippen LogP contribution in [0.15, 0.2) is 36.4 Å². The van der Waals surface area contributed by atoms with Gasteiger partial charge in [-0.3, -0.25) is 10.1 Å². The Bertz CT molecular complexity index is 750. The first-order valence-corrected chi connectivity index (χ1v) is 7.74. The molecule has 0 bridgehead atoms. The summed E-state index contributed by atoms with van der Waals surface area (Å²) in [4.78, 5) is 12.1. The molecule has 0 fully saturated rings. The van der Waals surface area contributed by atoms with Crippen LogP contribution >= 0.6 is 47.0 Å². The van der Waals surface area contributed by atoms with Gasteiger partial charge in [0, 0.05) is 16.3 Å². The van der Waals surface area contributed by atoms with Crippen molar-refractivity contribution in [3.8, 4) is 0 Å². The molecule has 0 aliphatic rings. The van der Waals surface area contributed by atoms with E-state index in [1.54, 1.807) is 18.2 Å². The number of anilines is 1. The van der Waals surface area contributed by atoms with Crippen molar-refractivity contribution in [1.82, 2.24) is 5.32 Å². The second-order valence-electron chi connectivity index (χ2n) is 4.50. The average Bonchev–Trinajstić information content (AvgIpc) is 2.45. The zero-order valence-corrected chi connectivity index (χ0v) is 14.5. The van der Waals surface area contributed by atoms with E-state index in [9.17, 15) is 4.79 Å². The predicted octanol–water partition coefficient (Wildman–Crippen LogP) is 5.08. The summed E-state index contributed by atoms with van der Waals surface area (Å²) in [5.41, 5.74) is 2.01. The van der Waals surface area contributed by atoms with E-state index in [0.717, 1.165) is 5.56 Å². The third-order valence-electron chi connectivity index (χ3n) is 2.84. The molecule has 0 atom stereocenters. The number of rotatable bonds is 2. The van der Waals surface area contributed by atoms with Crippen molar-refractivity contribution in [3.63, 3.8) is 0 Å². The Morgan fingerprint density at radius 2 is 1.73 bits per heavy atom. The number of carbonyl (C=O) groups excluding carboxylic acids is 1. The zero-order chi connectivity index (χ0) is 16.3. The van der Waals surface area contributed by atoms with Gasteiger partial charge in [-0.1, -0.05) is 40.9 Å². The molecule has 1 amide bonds. The third kappa shape index (κ3) is 4.34. The van der Waals surface area contributed by atoms with E-state index in [4.69, 9.17) is 47.0 Å². The van der Waals surface area contributed by atoms with Gasteiger partial charge in [0.25, 0.3) is 5.91 Å². The first kappa shape index (κ1) is 17.0. The molecule has 114 valence electrons. The normalized spacial score (nSPS) is 10.2. The summed E-state index contributed by atoms with van der Waals surface area (Å²) >= 11 is 22.8. The minimum Gasteiger partial charge on any atom is -0.332 e. The summed E-state index contributed by atoms with van der Waals surface area (Å²) in [6.45, 7) is 1.90. The Labute approximate surface area is 148 Å². The van der Waals surface area contributed by atoms with Gasteiger partial charge in [0.1, 0.15) is 0 Å². The first-order chi connectivity index (χ1) is 10.4. The molecule has 0 unspecified atom stereocenters. The van der Waals surface area contributed by atoms with Gasteiger partial charge in [0.05, 0.1) is 10.0 Å². The Kier molecular flexibility index (Phi) is 5.64. The van der Waals surface area contributed by atoms with Crippen LogP contribution in [0.5, 0.6) is 0 Å². The van der Waals surface area contributed by atoms with Crippen LogP contribution in [0, 0.1) is 6.92 Å². The SMILES string of the molecule is Cc1ccc(NC(=S)NC(=O)c2ccc(Cl)c(Cl)c2)cc1Cl. The van der Waals surface area contributed by atoms with Crippen LogP contribution in [0.2, 0.25) is 15.1 Å². The van der Waals surface area contributed by atoms with E-state index in [0.29, 0.717) is 26.3 Å². The Morgan fingerprint density at radius 3 is 2.36 bits per heavy atom. The lowest BCUT2D eigenvalue weighted by atomic mass is 10.2. The van der Waals surface area contributed by atoms with E-state index in [2.05, 4.69) is 10.6 Å². The molecule has 2 N–H and O–H groups in total. The van der Waals surface area contributed by atoms with Crippen LogP contribution in [0.3, 0.4) is 0 Å². The fraction of sp³-hybridized carbons (Fsp3) is 0.0667. The topological polar surface area (TPSA) is 41.1 Å². The second kappa shape index (κ2) is 7.29. The summed E-state index contributed by atoms with van der Waals surface area (Å²) < 4.78 is 0. The number of aryl methyl sites for hydroxylation is 1. The maximum absolute atomic E-state index is 12.1. The Hall–Kier alpha value is -1.33. The lowest BCUT2D eigenvalue weighted by Crippen LogP contribution is -2.34. The molecular weight excluding hydrogens is 363 g/mol. The molecule has 0 radical (unpaired) electrons. The number of hydrogen-bond donors (Lipinski definition) is 2. The Balaban J connectivity index is 2.03. The van der Waals surface area contributed by atoms with E-state index in [-0.39, 0.29) is 11.0 Å². The van der Waals surface area contributed by atoms with E-state index in [1.807, 2.05) is 19.1 Å². The van der Waals surface area contributed by atoms with Crippen LogP contribution < -0.4 is 10.6 Å². The average molecular weight is 374 g/mol. The van der Waals surface area contributed by atoms with Crippen LogP contribution in [0.1, 0.15) is 15.9 Å². The van der Waals surface area contributed by atoms with Crippen LogP contribution in [-0.2, 0) is 0 Å². The van der Waals surface area contributed by atoms with Gasteiger partial charge in [-0.25, -0.2) is 0 Å². The molecule has 0 saturated carbocycles.